The van der Waals surface area contributed by atoms with Gasteiger partial charge in [0.05, 0.1) is 5.69 Å². The fourth-order valence-electron chi connectivity index (χ4n) is 1.56. The van der Waals surface area contributed by atoms with Crippen molar-refractivity contribution in [3.05, 3.63) is 52.1 Å². The molecule has 0 unspecified atom stereocenters. The number of nitrogens with one attached hydrogen (secondary N) is 1. The Bertz CT molecular complexity index is 617. The van der Waals surface area contributed by atoms with Crippen molar-refractivity contribution in [2.24, 2.45) is 0 Å². The van der Waals surface area contributed by atoms with Gasteiger partial charge in [0.1, 0.15) is 0 Å². The minimum Gasteiger partial charge on any atom is -0.476 e. The zero-order chi connectivity index (χ0) is 12.4. The molecule has 0 aliphatic carbocycles. The summed E-state index contributed by atoms with van der Waals surface area (Å²) in [4.78, 5) is 28.6. The van der Waals surface area contributed by atoms with Gasteiger partial charge in [0.15, 0.2) is 0 Å². The zero-order valence-electron chi connectivity index (χ0n) is 9.10. The quantitative estimate of drug-likeness (QED) is 0.817. The van der Waals surface area contributed by atoms with E-state index in [-0.39, 0.29) is 0 Å². The van der Waals surface area contributed by atoms with E-state index in [4.69, 9.17) is 5.11 Å². The third-order valence-electron chi connectivity index (χ3n) is 2.34. The fourth-order valence-corrected chi connectivity index (χ4v) is 1.56. The number of carboxylic acid groups (broad SMARTS) is 1. The van der Waals surface area contributed by atoms with E-state index in [1.54, 1.807) is 19.1 Å². The molecule has 0 radical (unpaired) electrons. The fraction of sp³-hybridized carbons (Fsp3) is 0.0833. The third-order valence-corrected chi connectivity index (χ3v) is 2.34. The molecule has 0 aliphatic heterocycles. The molecule has 0 saturated heterocycles. The predicted molar refractivity (Wildman–Crippen MR) is 62.0 cm³/mol. The maximum atomic E-state index is 11.4. The molecule has 0 amide bonds. The van der Waals surface area contributed by atoms with Gasteiger partial charge in [-0.2, -0.15) is 0 Å². The van der Waals surface area contributed by atoms with E-state index in [1.807, 2.05) is 18.2 Å². The molecule has 5 heteroatoms. The number of hydrogen-bond acceptors (Lipinski definition) is 3. The first-order chi connectivity index (χ1) is 8.09. The number of aryl methyl sites for hydroxylation is 1. The molecule has 0 aliphatic rings. The minimum absolute atomic E-state index is 0.475. The standard InChI is InChI=1S/C12H10N2O3/c1-7-9(8-5-3-2-4-6-8)14-10(12(16)17)11(15)13-7/h2-6H,1H3,(H,13,15)(H,16,17). The molecule has 86 valence electrons. The SMILES string of the molecule is Cc1[nH]c(=O)c(C(=O)O)nc1-c1ccccc1. The van der Waals surface area contributed by atoms with Gasteiger partial charge in [0, 0.05) is 11.3 Å². The van der Waals surface area contributed by atoms with Crippen molar-refractivity contribution in [2.75, 3.05) is 0 Å². The molecule has 1 aromatic heterocycles. The maximum absolute atomic E-state index is 11.4. The van der Waals surface area contributed by atoms with Crippen LogP contribution in [0.15, 0.2) is 35.1 Å². The molecule has 2 aromatic rings. The summed E-state index contributed by atoms with van der Waals surface area (Å²) < 4.78 is 0. The van der Waals surface area contributed by atoms with Crippen LogP contribution >= 0.6 is 0 Å². The van der Waals surface area contributed by atoms with Gasteiger partial charge >= 0.3 is 5.97 Å². The van der Waals surface area contributed by atoms with Crippen LogP contribution < -0.4 is 5.56 Å². The maximum Gasteiger partial charge on any atom is 0.360 e. The Morgan fingerprint density at radius 3 is 2.53 bits per heavy atom. The number of hydrogen-bond donors (Lipinski definition) is 2. The minimum atomic E-state index is -1.33. The van der Waals surface area contributed by atoms with E-state index in [2.05, 4.69) is 9.97 Å². The van der Waals surface area contributed by atoms with E-state index in [0.29, 0.717) is 11.4 Å². The number of H-pyrrole nitrogens is 1. The molecular weight excluding hydrogens is 220 g/mol. The number of carboxylic acids is 1. The summed E-state index contributed by atoms with van der Waals surface area (Å²) in [5.41, 5.74) is 0.613. The topological polar surface area (TPSA) is 83.0 Å². The number of aromatic nitrogens is 2. The van der Waals surface area contributed by atoms with Gasteiger partial charge in [-0.15, -0.1) is 0 Å². The highest BCUT2D eigenvalue weighted by molar-refractivity contribution is 5.85. The van der Waals surface area contributed by atoms with Crippen LogP contribution in [0.2, 0.25) is 0 Å². The highest BCUT2D eigenvalue weighted by Gasteiger charge is 2.14. The molecule has 1 heterocycles. The van der Waals surface area contributed by atoms with Gasteiger partial charge in [-0.05, 0) is 6.92 Å². The van der Waals surface area contributed by atoms with E-state index in [0.717, 1.165) is 5.56 Å². The van der Waals surface area contributed by atoms with Crippen LogP contribution in [0.25, 0.3) is 11.3 Å². The molecule has 0 saturated carbocycles. The van der Waals surface area contributed by atoms with Gasteiger partial charge in [0.2, 0.25) is 5.69 Å². The van der Waals surface area contributed by atoms with Gasteiger partial charge < -0.3 is 10.1 Å². The van der Waals surface area contributed by atoms with Gasteiger partial charge in [-0.3, -0.25) is 4.79 Å². The molecule has 0 atom stereocenters. The van der Waals surface area contributed by atoms with Crippen molar-refractivity contribution in [3.8, 4) is 11.3 Å². The van der Waals surface area contributed by atoms with Gasteiger partial charge in [0.25, 0.3) is 5.56 Å². The Kier molecular flexibility index (Phi) is 2.74. The van der Waals surface area contributed by atoms with Crippen LogP contribution in [-0.2, 0) is 0 Å². The monoisotopic (exact) mass is 230 g/mol. The Labute approximate surface area is 96.8 Å². The van der Waals surface area contributed by atoms with Crippen molar-refractivity contribution in [3.63, 3.8) is 0 Å². The second kappa shape index (κ2) is 4.21. The number of aromatic carboxylic acids is 1. The lowest BCUT2D eigenvalue weighted by molar-refractivity contribution is 0.0688. The summed E-state index contributed by atoms with van der Waals surface area (Å²) in [7, 11) is 0. The first-order valence-corrected chi connectivity index (χ1v) is 4.99. The first-order valence-electron chi connectivity index (χ1n) is 4.99. The van der Waals surface area contributed by atoms with Crippen LogP contribution in [-0.4, -0.2) is 21.0 Å². The summed E-state index contributed by atoms with van der Waals surface area (Å²) in [5.74, 6) is -1.33. The van der Waals surface area contributed by atoms with Crippen LogP contribution in [0.3, 0.4) is 0 Å². The predicted octanol–water partition coefficient (Wildman–Crippen LogP) is 1.44. The number of aromatic amines is 1. The summed E-state index contributed by atoms with van der Waals surface area (Å²) in [6.45, 7) is 1.68. The second-order valence-corrected chi connectivity index (χ2v) is 3.56. The first kappa shape index (κ1) is 11.1. The van der Waals surface area contributed by atoms with Crippen molar-refractivity contribution >= 4 is 5.97 Å². The van der Waals surface area contributed by atoms with Crippen molar-refractivity contribution < 1.29 is 9.90 Å². The van der Waals surface area contributed by atoms with Crippen molar-refractivity contribution in [2.45, 2.75) is 6.92 Å². The van der Waals surface area contributed by atoms with Crippen LogP contribution in [0.5, 0.6) is 0 Å². The molecule has 0 fully saturated rings. The van der Waals surface area contributed by atoms with E-state index in [9.17, 15) is 9.59 Å². The average molecular weight is 230 g/mol. The molecular formula is C12H10N2O3. The van der Waals surface area contributed by atoms with E-state index >= 15 is 0 Å². The molecule has 5 nitrogen and oxygen atoms in total. The highest BCUT2D eigenvalue weighted by atomic mass is 16.4. The lowest BCUT2D eigenvalue weighted by Gasteiger charge is -2.05. The molecule has 2 rings (SSSR count). The smallest absolute Gasteiger partial charge is 0.360 e. The molecule has 17 heavy (non-hydrogen) atoms. The third kappa shape index (κ3) is 2.08. The van der Waals surface area contributed by atoms with Gasteiger partial charge in [-0.25, -0.2) is 9.78 Å². The Morgan fingerprint density at radius 2 is 1.94 bits per heavy atom. The summed E-state index contributed by atoms with van der Waals surface area (Å²) >= 11 is 0. The Morgan fingerprint density at radius 1 is 1.29 bits per heavy atom. The second-order valence-electron chi connectivity index (χ2n) is 3.56. The van der Waals surface area contributed by atoms with Crippen LogP contribution in [0, 0.1) is 6.92 Å². The lowest BCUT2D eigenvalue weighted by Crippen LogP contribution is -2.21. The number of nitrogens with zero attached hydrogens (tertiary/aromatic N) is 1. The average Bonchev–Trinajstić information content (AvgIpc) is 2.29. The highest BCUT2D eigenvalue weighted by Crippen LogP contribution is 2.18. The molecule has 2 N–H and O–H groups in total. The summed E-state index contributed by atoms with van der Waals surface area (Å²) in [5, 5.41) is 8.85. The Hall–Kier alpha value is -2.43. The normalized spacial score (nSPS) is 10.2. The van der Waals surface area contributed by atoms with Crippen molar-refractivity contribution in [1.29, 1.82) is 0 Å². The summed E-state index contributed by atoms with van der Waals surface area (Å²) in [6, 6.07) is 9.10. The van der Waals surface area contributed by atoms with Crippen LogP contribution in [0.1, 0.15) is 16.2 Å². The van der Waals surface area contributed by atoms with E-state index < -0.39 is 17.2 Å². The Balaban J connectivity index is 2.67. The molecule has 1 aromatic carbocycles. The zero-order valence-corrected chi connectivity index (χ0v) is 9.10. The lowest BCUT2D eigenvalue weighted by atomic mass is 10.1. The number of benzene rings is 1. The largest absolute Gasteiger partial charge is 0.476 e. The number of rotatable bonds is 2. The van der Waals surface area contributed by atoms with Crippen LogP contribution in [0.4, 0.5) is 0 Å². The number of carbonyl (C=O) groups is 1. The molecule has 0 spiro atoms. The molecule has 0 bridgehead atoms. The van der Waals surface area contributed by atoms with Crippen molar-refractivity contribution in [1.82, 2.24) is 9.97 Å². The van der Waals surface area contributed by atoms with E-state index in [1.165, 1.54) is 0 Å². The summed E-state index contributed by atoms with van der Waals surface area (Å²) in [6.07, 6.45) is 0. The van der Waals surface area contributed by atoms with Gasteiger partial charge in [-0.1, -0.05) is 30.3 Å².